The van der Waals surface area contributed by atoms with Gasteiger partial charge in [-0.1, -0.05) is 0 Å². The first-order valence-electron chi connectivity index (χ1n) is 2.99. The Morgan fingerprint density at radius 3 is 1.77 bits per heavy atom. The zero-order valence-electron chi connectivity index (χ0n) is 7.16. The van der Waals surface area contributed by atoms with Gasteiger partial charge in [-0.25, -0.2) is 4.79 Å². The summed E-state index contributed by atoms with van der Waals surface area (Å²) in [6.45, 7) is 0. The lowest BCUT2D eigenvalue weighted by Crippen LogP contribution is -1.99. The van der Waals surface area contributed by atoms with Gasteiger partial charge in [0.25, 0.3) is 0 Å². The molecule has 0 bridgehead atoms. The predicted octanol–water partition coefficient (Wildman–Crippen LogP) is 0.873. The topological polar surface area (TPSA) is 159 Å². The maximum atomic E-state index is 10.4. The van der Waals surface area contributed by atoms with E-state index in [1.807, 2.05) is 0 Å². The van der Waals surface area contributed by atoms with Crippen molar-refractivity contribution >= 4 is 17.3 Å². The Morgan fingerprint density at radius 1 is 1.08 bits per heavy atom. The minimum atomic E-state index is -1.02. The summed E-state index contributed by atoms with van der Waals surface area (Å²) in [7, 11) is 0. The van der Waals surface area contributed by atoms with E-state index in [0.29, 0.717) is 11.4 Å². The summed E-state index contributed by atoms with van der Waals surface area (Å²) in [4.78, 5) is 10.4. The Balaban J connectivity index is 0. The highest BCUT2D eigenvalue weighted by molar-refractivity contribution is 5.90. The van der Waals surface area contributed by atoms with Crippen LogP contribution in [0.1, 0.15) is 10.4 Å². The Morgan fingerprint density at radius 2 is 1.46 bits per heavy atom. The molecule has 0 fully saturated rings. The largest absolute Gasteiger partial charge is 0.478 e. The van der Waals surface area contributed by atoms with Gasteiger partial charge < -0.3 is 28.9 Å². The molecule has 11 N–H and O–H groups in total. The lowest BCUT2D eigenvalue weighted by Gasteiger charge is -1.98. The minimum absolute atomic E-state index is 0. The molecule has 0 saturated carbocycles. The number of nitrogen functional groups attached to an aromatic ring is 2. The Kier molecular flexibility index (Phi) is 5.26. The van der Waals surface area contributed by atoms with Crippen molar-refractivity contribution in [3.05, 3.63) is 23.8 Å². The van der Waals surface area contributed by atoms with E-state index >= 15 is 0 Å². The molecule has 0 spiro atoms. The minimum Gasteiger partial charge on any atom is -0.478 e. The third kappa shape index (κ3) is 3.41. The van der Waals surface area contributed by atoms with E-state index in [2.05, 4.69) is 0 Å². The van der Waals surface area contributed by atoms with Crippen molar-refractivity contribution < 1.29 is 9.90 Å². The molecular formula is C7H14N4O2. The van der Waals surface area contributed by atoms with Gasteiger partial charge in [0.2, 0.25) is 0 Å². The first-order chi connectivity index (χ1) is 5.09. The number of anilines is 2. The predicted molar refractivity (Wildman–Crippen MR) is 52.3 cm³/mol. The first-order valence-corrected chi connectivity index (χ1v) is 2.99. The monoisotopic (exact) mass is 186 g/mol. The van der Waals surface area contributed by atoms with Gasteiger partial charge in [0.05, 0.1) is 5.56 Å². The molecular weight excluding hydrogens is 172 g/mol. The highest BCUT2D eigenvalue weighted by atomic mass is 16.4. The smallest absolute Gasteiger partial charge is 0.335 e. The van der Waals surface area contributed by atoms with E-state index in [9.17, 15) is 4.79 Å². The molecule has 0 amide bonds. The van der Waals surface area contributed by atoms with Gasteiger partial charge in [0, 0.05) is 11.4 Å². The summed E-state index contributed by atoms with van der Waals surface area (Å²) in [5.41, 5.74) is 11.5. The molecule has 0 radical (unpaired) electrons. The maximum Gasteiger partial charge on any atom is 0.335 e. The second kappa shape index (κ2) is 4.96. The Bertz CT molecular complexity index is 280. The van der Waals surface area contributed by atoms with Crippen LogP contribution in [-0.2, 0) is 0 Å². The van der Waals surface area contributed by atoms with Gasteiger partial charge in [0.1, 0.15) is 0 Å². The molecule has 0 aromatic heterocycles. The summed E-state index contributed by atoms with van der Waals surface area (Å²) in [5.74, 6) is -1.02. The quantitative estimate of drug-likeness (QED) is 0.409. The van der Waals surface area contributed by atoms with Crippen LogP contribution < -0.4 is 23.8 Å². The number of benzene rings is 1. The maximum absolute atomic E-state index is 10.4. The molecule has 0 saturated heterocycles. The summed E-state index contributed by atoms with van der Waals surface area (Å²) >= 11 is 0. The van der Waals surface area contributed by atoms with Crippen LogP contribution in [0.25, 0.3) is 0 Å². The van der Waals surface area contributed by atoms with Crippen LogP contribution >= 0.6 is 0 Å². The van der Waals surface area contributed by atoms with Crippen LogP contribution in [0.4, 0.5) is 11.4 Å². The van der Waals surface area contributed by atoms with Gasteiger partial charge in [0.15, 0.2) is 0 Å². The summed E-state index contributed by atoms with van der Waals surface area (Å²) in [5, 5.41) is 8.52. The highest BCUT2D eigenvalue weighted by Crippen LogP contribution is 2.12. The van der Waals surface area contributed by atoms with Crippen molar-refractivity contribution in [2.75, 3.05) is 11.5 Å². The molecule has 0 aliphatic heterocycles. The lowest BCUT2D eigenvalue weighted by molar-refractivity contribution is 0.0697. The third-order valence-corrected chi connectivity index (χ3v) is 1.22. The molecule has 13 heavy (non-hydrogen) atoms. The SMILES string of the molecule is N.N.Nc1cc(N)cc(C(=O)O)c1. The molecule has 6 heteroatoms. The van der Waals surface area contributed by atoms with E-state index in [1.165, 1.54) is 18.2 Å². The zero-order chi connectivity index (χ0) is 8.43. The fourth-order valence-corrected chi connectivity index (χ4v) is 0.800. The van der Waals surface area contributed by atoms with E-state index in [1.54, 1.807) is 0 Å². The average molecular weight is 186 g/mol. The van der Waals surface area contributed by atoms with E-state index in [0.717, 1.165) is 0 Å². The number of hydrogen-bond acceptors (Lipinski definition) is 5. The molecule has 0 aliphatic carbocycles. The van der Waals surface area contributed by atoms with Crippen molar-refractivity contribution in [1.29, 1.82) is 0 Å². The second-order valence-electron chi connectivity index (χ2n) is 2.19. The normalized spacial score (nSPS) is 8.00. The van der Waals surface area contributed by atoms with Gasteiger partial charge >= 0.3 is 5.97 Å². The van der Waals surface area contributed by atoms with Crippen LogP contribution in [-0.4, -0.2) is 11.1 Å². The molecule has 0 aliphatic rings. The van der Waals surface area contributed by atoms with Crippen molar-refractivity contribution in [3.8, 4) is 0 Å². The number of hydrogen-bond donors (Lipinski definition) is 5. The van der Waals surface area contributed by atoms with Crippen LogP contribution in [0.5, 0.6) is 0 Å². The molecule has 74 valence electrons. The highest BCUT2D eigenvalue weighted by Gasteiger charge is 2.02. The van der Waals surface area contributed by atoms with Crippen LogP contribution in [0.15, 0.2) is 18.2 Å². The van der Waals surface area contributed by atoms with E-state index < -0.39 is 5.97 Å². The van der Waals surface area contributed by atoms with E-state index in [-0.39, 0.29) is 17.9 Å². The molecule has 6 nitrogen and oxygen atoms in total. The average Bonchev–Trinajstić information content (AvgIpc) is 1.85. The van der Waals surface area contributed by atoms with Crippen molar-refractivity contribution in [1.82, 2.24) is 12.3 Å². The summed E-state index contributed by atoms with van der Waals surface area (Å²) in [6, 6.07) is 4.23. The second-order valence-corrected chi connectivity index (χ2v) is 2.19. The van der Waals surface area contributed by atoms with Gasteiger partial charge in [-0.3, -0.25) is 0 Å². The summed E-state index contributed by atoms with van der Waals surface area (Å²) in [6.07, 6.45) is 0. The van der Waals surface area contributed by atoms with Gasteiger partial charge in [-0.15, -0.1) is 0 Å². The van der Waals surface area contributed by atoms with Crippen molar-refractivity contribution in [3.63, 3.8) is 0 Å². The third-order valence-electron chi connectivity index (χ3n) is 1.22. The van der Waals surface area contributed by atoms with E-state index in [4.69, 9.17) is 16.6 Å². The number of aromatic carboxylic acids is 1. The molecule has 1 rings (SSSR count). The van der Waals surface area contributed by atoms with Gasteiger partial charge in [-0.2, -0.15) is 0 Å². The molecule has 1 aromatic rings. The summed E-state index contributed by atoms with van der Waals surface area (Å²) < 4.78 is 0. The fraction of sp³-hybridized carbons (Fsp3) is 0. The molecule has 1 aromatic carbocycles. The van der Waals surface area contributed by atoms with Crippen molar-refractivity contribution in [2.45, 2.75) is 0 Å². The Labute approximate surface area is 75.7 Å². The van der Waals surface area contributed by atoms with Gasteiger partial charge in [-0.05, 0) is 18.2 Å². The number of carboxylic acid groups (broad SMARTS) is 1. The van der Waals surface area contributed by atoms with Crippen LogP contribution in [0, 0.1) is 0 Å². The Hall–Kier alpha value is -1.79. The number of nitrogens with two attached hydrogens (primary N) is 2. The molecule has 0 unspecified atom stereocenters. The molecule has 0 heterocycles. The molecule has 0 atom stereocenters. The number of rotatable bonds is 1. The number of carboxylic acids is 1. The standard InChI is InChI=1S/C7H8N2O2.2H3N/c8-5-1-4(7(10)11)2-6(9)3-5;;/h1-3H,8-9H2,(H,10,11);2*1H3. The fourth-order valence-electron chi connectivity index (χ4n) is 0.800. The first kappa shape index (κ1) is 13.8. The van der Waals surface area contributed by atoms with Crippen LogP contribution in [0.3, 0.4) is 0 Å². The zero-order valence-corrected chi connectivity index (χ0v) is 7.16. The van der Waals surface area contributed by atoms with Crippen molar-refractivity contribution in [2.24, 2.45) is 0 Å². The number of carbonyl (C=O) groups is 1. The van der Waals surface area contributed by atoms with Crippen LogP contribution in [0.2, 0.25) is 0 Å². The lowest BCUT2D eigenvalue weighted by atomic mass is 10.2.